The molecule has 0 spiro atoms. The van der Waals surface area contributed by atoms with E-state index in [1.165, 1.54) is 6.92 Å². The molecule has 0 aromatic heterocycles. The number of halogens is 3. The van der Waals surface area contributed by atoms with Gasteiger partial charge in [-0.05, 0) is 30.2 Å². The van der Waals surface area contributed by atoms with Crippen molar-refractivity contribution in [1.82, 2.24) is 0 Å². The molecule has 0 bridgehead atoms. The molecule has 0 saturated heterocycles. The van der Waals surface area contributed by atoms with Crippen molar-refractivity contribution < 1.29 is 23.1 Å². The molecular weight excluding hydrogens is 235 g/mol. The van der Waals surface area contributed by atoms with Crippen LogP contribution in [0.15, 0.2) is 12.1 Å². The molecule has 1 aromatic rings. The second-order valence-electron chi connectivity index (χ2n) is 3.74. The minimum atomic E-state index is -1.47. The summed E-state index contributed by atoms with van der Waals surface area (Å²) in [6, 6.07) is 0.482. The Labute approximate surface area is 96.0 Å². The number of rotatable bonds is 4. The van der Waals surface area contributed by atoms with Crippen LogP contribution < -0.4 is 5.73 Å². The maximum absolute atomic E-state index is 13.3. The Kier molecular flexibility index (Phi) is 4.11. The van der Waals surface area contributed by atoms with Crippen molar-refractivity contribution in [3.05, 3.63) is 34.9 Å². The van der Waals surface area contributed by atoms with Gasteiger partial charge in [-0.25, -0.2) is 13.2 Å². The Hall–Kier alpha value is -1.56. The van der Waals surface area contributed by atoms with Crippen molar-refractivity contribution >= 4 is 5.97 Å². The van der Waals surface area contributed by atoms with Gasteiger partial charge in [-0.2, -0.15) is 0 Å². The Balaban J connectivity index is 3.09. The molecule has 1 aromatic carbocycles. The lowest BCUT2D eigenvalue weighted by molar-refractivity contribution is -0.138. The van der Waals surface area contributed by atoms with Crippen molar-refractivity contribution in [3.63, 3.8) is 0 Å². The number of carboxylic acids is 1. The third kappa shape index (κ3) is 3.20. The molecule has 94 valence electrons. The van der Waals surface area contributed by atoms with E-state index in [0.717, 1.165) is 12.1 Å². The van der Waals surface area contributed by atoms with E-state index in [1.54, 1.807) is 0 Å². The summed E-state index contributed by atoms with van der Waals surface area (Å²) in [4.78, 5) is 10.5. The summed E-state index contributed by atoms with van der Waals surface area (Å²) in [6.45, 7) is 1.17. The number of carboxylic acid groups (broad SMARTS) is 1. The van der Waals surface area contributed by atoms with Crippen molar-refractivity contribution in [1.29, 1.82) is 0 Å². The summed E-state index contributed by atoms with van der Waals surface area (Å²) < 4.78 is 39.4. The third-order valence-electron chi connectivity index (χ3n) is 2.34. The van der Waals surface area contributed by atoms with Crippen molar-refractivity contribution in [2.24, 2.45) is 5.73 Å². The highest BCUT2D eigenvalue weighted by molar-refractivity contribution is 5.73. The molecule has 0 saturated carbocycles. The number of aliphatic carboxylic acids is 1. The van der Waals surface area contributed by atoms with E-state index in [-0.39, 0.29) is 11.1 Å². The number of carbonyl (C=O) groups is 1. The van der Waals surface area contributed by atoms with E-state index in [9.17, 15) is 18.0 Å². The SMILES string of the molecule is CC(F)c1cc(F)c(F)c(CC(N)C(=O)O)c1. The lowest BCUT2D eigenvalue weighted by atomic mass is 10.0. The smallest absolute Gasteiger partial charge is 0.320 e. The molecule has 0 heterocycles. The Morgan fingerprint density at radius 3 is 2.53 bits per heavy atom. The van der Waals surface area contributed by atoms with Crippen LogP contribution in [0, 0.1) is 11.6 Å². The van der Waals surface area contributed by atoms with Gasteiger partial charge in [-0.3, -0.25) is 4.79 Å². The van der Waals surface area contributed by atoms with E-state index in [0.29, 0.717) is 0 Å². The zero-order valence-electron chi connectivity index (χ0n) is 9.08. The summed E-state index contributed by atoms with van der Waals surface area (Å²) in [5, 5.41) is 8.57. The number of alkyl halides is 1. The summed E-state index contributed by atoms with van der Waals surface area (Å²) in [5.41, 5.74) is 4.93. The van der Waals surface area contributed by atoms with Crippen LogP contribution in [0.5, 0.6) is 0 Å². The molecule has 2 atom stereocenters. The molecular formula is C11H12F3NO2. The van der Waals surface area contributed by atoms with Crippen LogP contribution >= 0.6 is 0 Å². The van der Waals surface area contributed by atoms with Crippen LogP contribution in [-0.4, -0.2) is 17.1 Å². The standard InChI is InChI=1S/C11H12F3NO2/c1-5(12)6-2-7(4-9(15)11(16)17)10(14)8(13)3-6/h2-3,5,9H,4,15H2,1H3,(H,16,17). The fourth-order valence-electron chi connectivity index (χ4n) is 1.37. The lowest BCUT2D eigenvalue weighted by Crippen LogP contribution is -2.32. The maximum Gasteiger partial charge on any atom is 0.320 e. The van der Waals surface area contributed by atoms with Gasteiger partial charge >= 0.3 is 5.97 Å². The molecule has 6 heteroatoms. The van der Waals surface area contributed by atoms with Crippen LogP contribution in [0.2, 0.25) is 0 Å². The molecule has 0 aliphatic carbocycles. The molecule has 0 aliphatic rings. The molecule has 0 radical (unpaired) electrons. The van der Waals surface area contributed by atoms with Gasteiger partial charge in [0.15, 0.2) is 11.6 Å². The molecule has 0 fully saturated rings. The number of hydrogen-bond acceptors (Lipinski definition) is 2. The summed E-state index contributed by atoms with van der Waals surface area (Å²) >= 11 is 0. The van der Waals surface area contributed by atoms with Crippen molar-refractivity contribution in [3.8, 4) is 0 Å². The fraction of sp³-hybridized carbons (Fsp3) is 0.364. The summed E-state index contributed by atoms with van der Waals surface area (Å²) in [5.74, 6) is -3.73. The molecule has 0 aliphatic heterocycles. The van der Waals surface area contributed by atoms with Crippen molar-refractivity contribution in [2.45, 2.75) is 25.6 Å². The molecule has 3 nitrogen and oxygen atoms in total. The van der Waals surface area contributed by atoms with Crippen LogP contribution in [0.1, 0.15) is 24.2 Å². The highest BCUT2D eigenvalue weighted by atomic mass is 19.2. The minimum absolute atomic E-state index is 0.0449. The number of hydrogen-bond donors (Lipinski definition) is 2. The lowest BCUT2D eigenvalue weighted by Gasteiger charge is -2.11. The van der Waals surface area contributed by atoms with Crippen LogP contribution in [0.3, 0.4) is 0 Å². The van der Waals surface area contributed by atoms with Gasteiger partial charge in [0.25, 0.3) is 0 Å². The van der Waals surface area contributed by atoms with Gasteiger partial charge in [-0.1, -0.05) is 0 Å². The van der Waals surface area contributed by atoms with E-state index in [4.69, 9.17) is 10.8 Å². The van der Waals surface area contributed by atoms with Gasteiger partial charge in [0, 0.05) is 6.42 Å². The zero-order chi connectivity index (χ0) is 13.2. The number of nitrogens with two attached hydrogens (primary N) is 1. The third-order valence-corrected chi connectivity index (χ3v) is 2.34. The second-order valence-corrected chi connectivity index (χ2v) is 3.74. The largest absolute Gasteiger partial charge is 0.480 e. The van der Waals surface area contributed by atoms with Gasteiger partial charge in [0.1, 0.15) is 12.2 Å². The average molecular weight is 247 g/mol. The van der Waals surface area contributed by atoms with Crippen molar-refractivity contribution in [2.75, 3.05) is 0 Å². The van der Waals surface area contributed by atoms with E-state index in [1.807, 2.05) is 0 Å². The summed E-state index contributed by atoms with van der Waals surface area (Å²) in [7, 11) is 0. The average Bonchev–Trinajstić information content (AvgIpc) is 2.23. The monoisotopic (exact) mass is 247 g/mol. The first-order valence-corrected chi connectivity index (χ1v) is 4.93. The van der Waals surface area contributed by atoms with E-state index >= 15 is 0 Å². The second kappa shape index (κ2) is 5.18. The van der Waals surface area contributed by atoms with Gasteiger partial charge in [-0.15, -0.1) is 0 Å². The van der Waals surface area contributed by atoms with Gasteiger partial charge in [0.05, 0.1) is 0 Å². The Morgan fingerprint density at radius 1 is 1.47 bits per heavy atom. The molecule has 0 amide bonds. The normalized spacial score (nSPS) is 14.4. The first-order valence-electron chi connectivity index (χ1n) is 4.93. The van der Waals surface area contributed by atoms with E-state index in [2.05, 4.69) is 0 Å². The van der Waals surface area contributed by atoms with Gasteiger partial charge < -0.3 is 10.8 Å². The fourth-order valence-corrected chi connectivity index (χ4v) is 1.37. The van der Waals surface area contributed by atoms with E-state index < -0.39 is 36.2 Å². The Morgan fingerprint density at radius 2 is 2.06 bits per heavy atom. The first kappa shape index (κ1) is 13.5. The minimum Gasteiger partial charge on any atom is -0.480 e. The quantitative estimate of drug-likeness (QED) is 0.854. The zero-order valence-corrected chi connectivity index (χ0v) is 9.08. The van der Waals surface area contributed by atoms with Gasteiger partial charge in [0.2, 0.25) is 0 Å². The molecule has 3 N–H and O–H groups in total. The number of benzene rings is 1. The predicted molar refractivity (Wildman–Crippen MR) is 55.2 cm³/mol. The highest BCUT2D eigenvalue weighted by Crippen LogP contribution is 2.23. The first-order chi connectivity index (χ1) is 7.82. The molecule has 17 heavy (non-hydrogen) atoms. The van der Waals surface area contributed by atoms with Crippen LogP contribution in [-0.2, 0) is 11.2 Å². The summed E-state index contributed by atoms with van der Waals surface area (Å²) in [6.07, 6.45) is -1.86. The maximum atomic E-state index is 13.3. The molecule has 2 unspecified atom stereocenters. The topological polar surface area (TPSA) is 63.3 Å². The Bertz CT molecular complexity index is 435. The predicted octanol–water partition coefficient (Wildman–Crippen LogP) is 1.95. The highest BCUT2D eigenvalue weighted by Gasteiger charge is 2.19. The van der Waals surface area contributed by atoms with Crippen LogP contribution in [0.25, 0.3) is 0 Å². The molecule has 1 rings (SSSR count). The van der Waals surface area contributed by atoms with Crippen LogP contribution in [0.4, 0.5) is 13.2 Å².